The Morgan fingerprint density at radius 2 is 2.00 bits per heavy atom. The maximum atomic E-state index is 6.20. The Hall–Kier alpha value is -1.19. The number of nitrogens with one attached hydrogen (secondary N) is 1. The molecular weight excluding hydrogens is 276 g/mol. The van der Waals surface area contributed by atoms with Crippen LogP contribution in [0, 0.1) is 6.92 Å². The van der Waals surface area contributed by atoms with E-state index in [2.05, 4.69) is 48.4 Å². The Balaban J connectivity index is 2.10. The van der Waals surface area contributed by atoms with Crippen LogP contribution in [0.2, 0.25) is 5.02 Å². The number of pyridine rings is 1. The van der Waals surface area contributed by atoms with Gasteiger partial charge in [-0.3, -0.25) is 0 Å². The minimum absolute atomic E-state index is 0.725. The SMILES string of the molecule is CCNc1ccc(Cl)c(CSc2ccccc2C)n1. The molecule has 0 radical (unpaired) electrons. The summed E-state index contributed by atoms with van der Waals surface area (Å²) in [5.74, 6) is 1.66. The van der Waals surface area contributed by atoms with Crippen LogP contribution >= 0.6 is 23.4 Å². The molecule has 0 unspecified atom stereocenters. The molecule has 0 aliphatic heterocycles. The summed E-state index contributed by atoms with van der Waals surface area (Å²) in [7, 11) is 0. The first kappa shape index (κ1) is 14.2. The molecule has 0 fully saturated rings. The van der Waals surface area contributed by atoms with Crippen LogP contribution in [-0.4, -0.2) is 11.5 Å². The van der Waals surface area contributed by atoms with Crippen molar-refractivity contribution in [2.24, 2.45) is 0 Å². The molecule has 19 heavy (non-hydrogen) atoms. The molecule has 0 saturated carbocycles. The van der Waals surface area contributed by atoms with Gasteiger partial charge >= 0.3 is 0 Å². The minimum Gasteiger partial charge on any atom is -0.370 e. The molecule has 0 saturated heterocycles. The van der Waals surface area contributed by atoms with Gasteiger partial charge in [-0.2, -0.15) is 0 Å². The lowest BCUT2D eigenvalue weighted by Gasteiger charge is -2.08. The van der Waals surface area contributed by atoms with Crippen molar-refractivity contribution in [1.29, 1.82) is 0 Å². The molecule has 0 spiro atoms. The second-order valence-electron chi connectivity index (χ2n) is 4.21. The molecule has 1 aromatic carbocycles. The molecule has 0 aliphatic carbocycles. The number of thioether (sulfide) groups is 1. The van der Waals surface area contributed by atoms with Gasteiger partial charge in [0.15, 0.2) is 0 Å². The number of nitrogens with zero attached hydrogens (tertiary/aromatic N) is 1. The zero-order valence-corrected chi connectivity index (χ0v) is 12.7. The molecule has 0 aliphatic rings. The average molecular weight is 293 g/mol. The van der Waals surface area contributed by atoms with E-state index in [0.29, 0.717) is 0 Å². The Morgan fingerprint density at radius 3 is 2.74 bits per heavy atom. The summed E-state index contributed by atoms with van der Waals surface area (Å²) >= 11 is 7.97. The number of rotatable bonds is 5. The Labute approximate surface area is 123 Å². The van der Waals surface area contributed by atoms with E-state index in [9.17, 15) is 0 Å². The topological polar surface area (TPSA) is 24.9 Å². The molecule has 2 aromatic rings. The summed E-state index contributed by atoms with van der Waals surface area (Å²) in [5, 5.41) is 3.93. The number of aryl methyl sites for hydroxylation is 1. The van der Waals surface area contributed by atoms with E-state index >= 15 is 0 Å². The van der Waals surface area contributed by atoms with Gasteiger partial charge in [0.2, 0.25) is 0 Å². The molecular formula is C15H17ClN2S. The fraction of sp³-hybridized carbons (Fsp3) is 0.267. The first-order valence-corrected chi connectivity index (χ1v) is 7.64. The highest BCUT2D eigenvalue weighted by atomic mass is 35.5. The summed E-state index contributed by atoms with van der Waals surface area (Å²) in [5.41, 5.74) is 2.21. The minimum atomic E-state index is 0.725. The third-order valence-electron chi connectivity index (χ3n) is 2.73. The number of anilines is 1. The number of halogens is 1. The molecule has 2 nitrogen and oxygen atoms in total. The molecule has 2 rings (SSSR count). The van der Waals surface area contributed by atoms with Gasteiger partial charge in [0.05, 0.1) is 10.7 Å². The second-order valence-corrected chi connectivity index (χ2v) is 5.63. The van der Waals surface area contributed by atoms with Gasteiger partial charge in [-0.05, 0) is 37.6 Å². The molecule has 0 bridgehead atoms. The van der Waals surface area contributed by atoms with E-state index in [4.69, 9.17) is 11.6 Å². The van der Waals surface area contributed by atoms with E-state index in [0.717, 1.165) is 28.8 Å². The molecule has 0 atom stereocenters. The first-order valence-electron chi connectivity index (χ1n) is 6.28. The maximum Gasteiger partial charge on any atom is 0.126 e. The van der Waals surface area contributed by atoms with Gasteiger partial charge in [-0.25, -0.2) is 4.98 Å². The third kappa shape index (κ3) is 3.88. The molecule has 1 aromatic heterocycles. The number of aromatic nitrogens is 1. The van der Waals surface area contributed by atoms with E-state index in [1.54, 1.807) is 11.8 Å². The van der Waals surface area contributed by atoms with Gasteiger partial charge in [-0.1, -0.05) is 29.8 Å². The van der Waals surface area contributed by atoms with Gasteiger partial charge in [0.1, 0.15) is 5.82 Å². The highest BCUT2D eigenvalue weighted by Crippen LogP contribution is 2.28. The van der Waals surface area contributed by atoms with Crippen LogP contribution in [0.3, 0.4) is 0 Å². The summed E-state index contributed by atoms with van der Waals surface area (Å²) < 4.78 is 0. The Bertz CT molecular complexity index is 558. The molecule has 1 heterocycles. The van der Waals surface area contributed by atoms with Crippen molar-refractivity contribution in [3.05, 3.63) is 52.7 Å². The van der Waals surface area contributed by atoms with Crippen LogP contribution < -0.4 is 5.32 Å². The standard InChI is InChI=1S/C15H17ClN2S/c1-3-17-15-9-8-12(16)13(18-15)10-19-14-7-5-4-6-11(14)2/h4-9H,3,10H2,1-2H3,(H,17,18). The van der Waals surface area contributed by atoms with Gasteiger partial charge < -0.3 is 5.32 Å². The normalized spacial score (nSPS) is 10.5. The highest BCUT2D eigenvalue weighted by molar-refractivity contribution is 7.98. The summed E-state index contributed by atoms with van der Waals surface area (Å²) in [6, 6.07) is 12.2. The van der Waals surface area contributed by atoms with Crippen molar-refractivity contribution in [3.63, 3.8) is 0 Å². The van der Waals surface area contributed by atoms with Crippen LogP contribution in [0.5, 0.6) is 0 Å². The van der Waals surface area contributed by atoms with Crippen molar-refractivity contribution in [2.45, 2.75) is 24.5 Å². The van der Waals surface area contributed by atoms with Crippen molar-refractivity contribution in [3.8, 4) is 0 Å². The van der Waals surface area contributed by atoms with Crippen LogP contribution in [0.4, 0.5) is 5.82 Å². The maximum absolute atomic E-state index is 6.20. The zero-order valence-electron chi connectivity index (χ0n) is 11.1. The summed E-state index contributed by atoms with van der Waals surface area (Å²) in [6.07, 6.45) is 0. The van der Waals surface area contributed by atoms with Crippen molar-refractivity contribution in [2.75, 3.05) is 11.9 Å². The molecule has 1 N–H and O–H groups in total. The highest BCUT2D eigenvalue weighted by Gasteiger charge is 2.06. The molecule has 4 heteroatoms. The second kappa shape index (κ2) is 6.83. The van der Waals surface area contributed by atoms with Crippen molar-refractivity contribution in [1.82, 2.24) is 4.98 Å². The molecule has 100 valence electrons. The largest absolute Gasteiger partial charge is 0.370 e. The zero-order chi connectivity index (χ0) is 13.7. The monoisotopic (exact) mass is 292 g/mol. The summed E-state index contributed by atoms with van der Waals surface area (Å²) in [6.45, 7) is 5.03. The quantitative estimate of drug-likeness (QED) is 0.804. The first-order chi connectivity index (χ1) is 9.20. The van der Waals surface area contributed by atoms with Gasteiger partial charge in [-0.15, -0.1) is 11.8 Å². The predicted molar refractivity (Wildman–Crippen MR) is 84.2 cm³/mol. The van der Waals surface area contributed by atoms with Crippen LogP contribution in [-0.2, 0) is 5.75 Å². The third-order valence-corrected chi connectivity index (χ3v) is 4.27. The number of hydrogen-bond donors (Lipinski definition) is 1. The van der Waals surface area contributed by atoms with Crippen LogP contribution in [0.15, 0.2) is 41.3 Å². The van der Waals surface area contributed by atoms with E-state index in [-0.39, 0.29) is 0 Å². The van der Waals surface area contributed by atoms with Crippen LogP contribution in [0.1, 0.15) is 18.2 Å². The van der Waals surface area contributed by atoms with Gasteiger partial charge in [0, 0.05) is 17.2 Å². The lowest BCUT2D eigenvalue weighted by atomic mass is 10.2. The fourth-order valence-electron chi connectivity index (χ4n) is 1.73. The van der Waals surface area contributed by atoms with Crippen LogP contribution in [0.25, 0.3) is 0 Å². The van der Waals surface area contributed by atoms with E-state index in [1.807, 2.05) is 12.1 Å². The fourth-order valence-corrected chi connectivity index (χ4v) is 2.96. The summed E-state index contributed by atoms with van der Waals surface area (Å²) in [4.78, 5) is 5.82. The number of benzene rings is 1. The lowest BCUT2D eigenvalue weighted by molar-refractivity contribution is 1.11. The predicted octanol–water partition coefficient (Wildman–Crippen LogP) is 4.77. The lowest BCUT2D eigenvalue weighted by Crippen LogP contribution is -2.01. The van der Waals surface area contributed by atoms with E-state index in [1.165, 1.54) is 10.5 Å². The smallest absolute Gasteiger partial charge is 0.126 e. The Kier molecular flexibility index (Phi) is 5.11. The van der Waals surface area contributed by atoms with Crippen molar-refractivity contribution >= 4 is 29.2 Å². The number of hydrogen-bond acceptors (Lipinski definition) is 3. The Morgan fingerprint density at radius 1 is 1.21 bits per heavy atom. The van der Waals surface area contributed by atoms with Crippen molar-refractivity contribution < 1.29 is 0 Å². The van der Waals surface area contributed by atoms with Gasteiger partial charge in [0.25, 0.3) is 0 Å². The molecule has 0 amide bonds. The van der Waals surface area contributed by atoms with E-state index < -0.39 is 0 Å². The average Bonchev–Trinajstić information content (AvgIpc) is 2.41.